The number of likely N-dealkylation sites (N-methyl/N-ethyl adjacent to an activating group) is 1. The van der Waals surface area contributed by atoms with E-state index < -0.39 is 0 Å². The zero-order valence-electron chi connectivity index (χ0n) is 13.6. The SMILES string of the molecule is CCCC1CCC(C(Cc2cnccc2N)NCC)CC1. The summed E-state index contributed by atoms with van der Waals surface area (Å²) in [5.41, 5.74) is 8.16. The Morgan fingerprint density at radius 3 is 2.67 bits per heavy atom. The summed E-state index contributed by atoms with van der Waals surface area (Å²) < 4.78 is 0. The van der Waals surface area contributed by atoms with Gasteiger partial charge in [-0.05, 0) is 49.3 Å². The molecule has 3 N–H and O–H groups in total. The standard InChI is InChI=1S/C18H31N3/c1-3-5-14-6-8-15(9-7-14)18(21-4-2)12-16-13-20-11-10-17(16)19/h10-11,13-15,18,21H,3-9,12H2,1-2H3,(H2,19,20). The number of aromatic nitrogens is 1. The van der Waals surface area contributed by atoms with E-state index in [1.54, 1.807) is 6.20 Å². The van der Waals surface area contributed by atoms with Gasteiger partial charge in [-0.25, -0.2) is 0 Å². The van der Waals surface area contributed by atoms with Gasteiger partial charge < -0.3 is 11.1 Å². The lowest BCUT2D eigenvalue weighted by Crippen LogP contribution is -2.40. The van der Waals surface area contributed by atoms with Crippen molar-refractivity contribution in [1.82, 2.24) is 10.3 Å². The number of anilines is 1. The molecule has 0 aromatic carbocycles. The second-order valence-electron chi connectivity index (χ2n) is 6.51. The molecule has 21 heavy (non-hydrogen) atoms. The average molecular weight is 289 g/mol. The first-order valence-corrected chi connectivity index (χ1v) is 8.66. The van der Waals surface area contributed by atoms with Gasteiger partial charge in [0.15, 0.2) is 0 Å². The van der Waals surface area contributed by atoms with Crippen molar-refractivity contribution in [3.63, 3.8) is 0 Å². The number of nitrogen functional groups attached to an aromatic ring is 1. The van der Waals surface area contributed by atoms with Crippen LogP contribution >= 0.6 is 0 Å². The van der Waals surface area contributed by atoms with Gasteiger partial charge in [-0.15, -0.1) is 0 Å². The van der Waals surface area contributed by atoms with Gasteiger partial charge in [-0.1, -0.05) is 39.5 Å². The molecular formula is C18H31N3. The summed E-state index contributed by atoms with van der Waals surface area (Å²) >= 11 is 0. The number of nitrogens with zero attached hydrogens (tertiary/aromatic N) is 1. The van der Waals surface area contributed by atoms with Gasteiger partial charge in [0.1, 0.15) is 0 Å². The van der Waals surface area contributed by atoms with E-state index in [2.05, 4.69) is 24.1 Å². The molecule has 0 aliphatic heterocycles. The van der Waals surface area contributed by atoms with Crippen LogP contribution in [0.15, 0.2) is 18.5 Å². The normalized spacial score (nSPS) is 23.9. The largest absolute Gasteiger partial charge is 0.398 e. The molecule has 0 amide bonds. The summed E-state index contributed by atoms with van der Waals surface area (Å²) in [6.45, 7) is 5.53. The number of nitrogens with one attached hydrogen (secondary N) is 1. The summed E-state index contributed by atoms with van der Waals surface area (Å²) in [7, 11) is 0. The van der Waals surface area contributed by atoms with Gasteiger partial charge >= 0.3 is 0 Å². The Morgan fingerprint density at radius 2 is 2.05 bits per heavy atom. The number of hydrogen-bond acceptors (Lipinski definition) is 3. The molecule has 1 aliphatic carbocycles. The van der Waals surface area contributed by atoms with Crippen LogP contribution in [-0.2, 0) is 6.42 Å². The van der Waals surface area contributed by atoms with Crippen LogP contribution in [0, 0.1) is 11.8 Å². The van der Waals surface area contributed by atoms with Crippen molar-refractivity contribution in [1.29, 1.82) is 0 Å². The van der Waals surface area contributed by atoms with Gasteiger partial charge in [-0.2, -0.15) is 0 Å². The van der Waals surface area contributed by atoms with Crippen molar-refractivity contribution in [2.24, 2.45) is 11.8 Å². The predicted octanol–water partition coefficient (Wildman–Crippen LogP) is 3.79. The van der Waals surface area contributed by atoms with E-state index in [0.29, 0.717) is 6.04 Å². The van der Waals surface area contributed by atoms with Crippen LogP contribution in [-0.4, -0.2) is 17.6 Å². The fourth-order valence-electron chi connectivity index (χ4n) is 3.80. The molecule has 118 valence electrons. The molecule has 1 saturated carbocycles. The Balaban J connectivity index is 1.95. The fraction of sp³-hybridized carbons (Fsp3) is 0.722. The summed E-state index contributed by atoms with van der Waals surface area (Å²) in [5.74, 6) is 1.76. The summed E-state index contributed by atoms with van der Waals surface area (Å²) in [4.78, 5) is 4.23. The number of pyridine rings is 1. The molecule has 1 aromatic heterocycles. The maximum atomic E-state index is 6.09. The van der Waals surface area contributed by atoms with Crippen LogP contribution in [0.4, 0.5) is 5.69 Å². The molecule has 0 radical (unpaired) electrons. The van der Waals surface area contributed by atoms with Gasteiger partial charge in [-0.3, -0.25) is 4.98 Å². The minimum absolute atomic E-state index is 0.545. The van der Waals surface area contributed by atoms with Gasteiger partial charge in [0.25, 0.3) is 0 Å². The summed E-state index contributed by atoms with van der Waals surface area (Å²) in [5, 5.41) is 3.69. The highest BCUT2D eigenvalue weighted by atomic mass is 14.9. The average Bonchev–Trinajstić information content (AvgIpc) is 2.50. The number of rotatable bonds is 7. The Kier molecular flexibility index (Phi) is 6.50. The minimum atomic E-state index is 0.545. The highest BCUT2D eigenvalue weighted by molar-refractivity contribution is 5.44. The van der Waals surface area contributed by atoms with E-state index in [0.717, 1.165) is 30.5 Å². The zero-order chi connectivity index (χ0) is 15.1. The highest BCUT2D eigenvalue weighted by Crippen LogP contribution is 2.34. The molecular weight excluding hydrogens is 258 g/mol. The second kappa shape index (κ2) is 8.38. The quantitative estimate of drug-likeness (QED) is 0.803. The molecule has 0 bridgehead atoms. The molecule has 3 nitrogen and oxygen atoms in total. The molecule has 1 aliphatic rings. The first-order chi connectivity index (χ1) is 10.2. The van der Waals surface area contributed by atoms with E-state index in [1.165, 1.54) is 44.1 Å². The first-order valence-electron chi connectivity index (χ1n) is 8.66. The Morgan fingerprint density at radius 1 is 1.29 bits per heavy atom. The summed E-state index contributed by atoms with van der Waals surface area (Å²) in [6.07, 6.45) is 13.0. The fourth-order valence-corrected chi connectivity index (χ4v) is 3.80. The van der Waals surface area contributed by atoms with Gasteiger partial charge in [0.2, 0.25) is 0 Å². The van der Waals surface area contributed by atoms with Crippen LogP contribution in [0.3, 0.4) is 0 Å². The van der Waals surface area contributed by atoms with E-state index >= 15 is 0 Å². The van der Waals surface area contributed by atoms with Crippen LogP contribution in [0.5, 0.6) is 0 Å². The minimum Gasteiger partial charge on any atom is -0.398 e. The van der Waals surface area contributed by atoms with Gasteiger partial charge in [0, 0.05) is 24.1 Å². The monoisotopic (exact) mass is 289 g/mol. The topological polar surface area (TPSA) is 50.9 Å². The van der Waals surface area contributed by atoms with E-state index in [4.69, 9.17) is 5.73 Å². The molecule has 1 fully saturated rings. The smallest absolute Gasteiger partial charge is 0.0378 e. The molecule has 1 unspecified atom stereocenters. The Labute approximate surface area is 129 Å². The lowest BCUT2D eigenvalue weighted by Gasteiger charge is -2.34. The second-order valence-corrected chi connectivity index (χ2v) is 6.51. The third-order valence-electron chi connectivity index (χ3n) is 5.00. The van der Waals surface area contributed by atoms with Crippen molar-refractivity contribution in [3.8, 4) is 0 Å². The van der Waals surface area contributed by atoms with E-state index in [-0.39, 0.29) is 0 Å². The van der Waals surface area contributed by atoms with Crippen LogP contribution in [0.1, 0.15) is 57.9 Å². The van der Waals surface area contributed by atoms with Crippen LogP contribution < -0.4 is 11.1 Å². The van der Waals surface area contributed by atoms with Crippen molar-refractivity contribution in [3.05, 3.63) is 24.0 Å². The maximum absolute atomic E-state index is 6.09. The molecule has 1 atom stereocenters. The van der Waals surface area contributed by atoms with Crippen molar-refractivity contribution in [2.75, 3.05) is 12.3 Å². The van der Waals surface area contributed by atoms with Gasteiger partial charge in [0.05, 0.1) is 0 Å². The third-order valence-corrected chi connectivity index (χ3v) is 5.00. The molecule has 2 rings (SSSR count). The third kappa shape index (κ3) is 4.70. The molecule has 0 saturated heterocycles. The van der Waals surface area contributed by atoms with Crippen LogP contribution in [0.25, 0.3) is 0 Å². The lowest BCUT2D eigenvalue weighted by molar-refractivity contribution is 0.214. The zero-order valence-corrected chi connectivity index (χ0v) is 13.6. The maximum Gasteiger partial charge on any atom is 0.0378 e. The van der Waals surface area contributed by atoms with E-state index in [9.17, 15) is 0 Å². The lowest BCUT2D eigenvalue weighted by atomic mass is 9.76. The molecule has 3 heteroatoms. The highest BCUT2D eigenvalue weighted by Gasteiger charge is 2.27. The Hall–Kier alpha value is -1.09. The number of nitrogens with two attached hydrogens (primary N) is 1. The number of hydrogen-bond donors (Lipinski definition) is 2. The first kappa shape index (κ1) is 16.3. The van der Waals surface area contributed by atoms with Crippen LogP contribution in [0.2, 0.25) is 0 Å². The molecule has 0 spiro atoms. The molecule has 1 aromatic rings. The predicted molar refractivity (Wildman–Crippen MR) is 90.2 cm³/mol. The van der Waals surface area contributed by atoms with E-state index in [1.807, 2.05) is 12.3 Å². The van der Waals surface area contributed by atoms with Crippen molar-refractivity contribution < 1.29 is 0 Å². The summed E-state index contributed by atoms with van der Waals surface area (Å²) in [6, 6.07) is 2.46. The van der Waals surface area contributed by atoms with Crippen molar-refractivity contribution in [2.45, 2.75) is 64.8 Å². The Bertz CT molecular complexity index is 411. The molecule has 1 heterocycles. The van der Waals surface area contributed by atoms with Crippen molar-refractivity contribution >= 4 is 5.69 Å².